The van der Waals surface area contributed by atoms with Crippen LogP contribution in [-0.2, 0) is 11.2 Å². The van der Waals surface area contributed by atoms with Gasteiger partial charge in [0.2, 0.25) is 5.91 Å². The molecule has 24 heavy (non-hydrogen) atoms. The molecule has 1 aromatic carbocycles. The van der Waals surface area contributed by atoms with Crippen molar-refractivity contribution in [1.29, 1.82) is 0 Å². The van der Waals surface area contributed by atoms with E-state index in [9.17, 15) is 4.79 Å². The van der Waals surface area contributed by atoms with Crippen LogP contribution in [0, 0.1) is 0 Å². The molecule has 1 heterocycles. The first-order chi connectivity index (χ1) is 11.6. The average molecular weight is 332 g/mol. The second-order valence-electron chi connectivity index (χ2n) is 6.74. The quantitative estimate of drug-likeness (QED) is 0.566. The summed E-state index contributed by atoms with van der Waals surface area (Å²) in [6.07, 6.45) is 4.68. The highest BCUT2D eigenvalue weighted by Crippen LogP contribution is 2.25. The number of amides is 1. The van der Waals surface area contributed by atoms with E-state index in [-0.39, 0.29) is 5.91 Å². The Bertz CT molecular complexity index is 524. The zero-order chi connectivity index (χ0) is 17.4. The van der Waals surface area contributed by atoms with Gasteiger partial charge in [-0.2, -0.15) is 0 Å². The zero-order valence-corrected chi connectivity index (χ0v) is 15.2. The molecule has 0 unspecified atom stereocenters. The molecule has 1 fully saturated rings. The number of piperazine rings is 1. The molecule has 3 N–H and O–H groups in total. The number of hydrogen-bond acceptors (Lipinski definition) is 4. The molecule has 1 aromatic rings. The van der Waals surface area contributed by atoms with Crippen LogP contribution in [0.15, 0.2) is 18.2 Å². The third-order valence-electron chi connectivity index (χ3n) is 4.68. The van der Waals surface area contributed by atoms with Crippen molar-refractivity contribution in [3.63, 3.8) is 0 Å². The lowest BCUT2D eigenvalue weighted by Crippen LogP contribution is -2.44. The first-order valence-corrected chi connectivity index (χ1v) is 9.18. The molecule has 134 valence electrons. The minimum absolute atomic E-state index is 0.132. The summed E-state index contributed by atoms with van der Waals surface area (Å²) in [6, 6.07) is 6.24. The largest absolute Gasteiger partial charge is 0.397 e. The van der Waals surface area contributed by atoms with E-state index in [1.54, 1.807) is 0 Å². The first-order valence-electron chi connectivity index (χ1n) is 9.18. The van der Waals surface area contributed by atoms with Crippen molar-refractivity contribution < 1.29 is 4.79 Å². The number of benzene rings is 1. The van der Waals surface area contributed by atoms with E-state index in [0.717, 1.165) is 62.5 Å². The van der Waals surface area contributed by atoms with Gasteiger partial charge in [0, 0.05) is 39.1 Å². The molecule has 0 radical (unpaired) electrons. The molecule has 1 amide bonds. The van der Waals surface area contributed by atoms with Gasteiger partial charge in [-0.1, -0.05) is 25.8 Å². The molecule has 5 nitrogen and oxygen atoms in total. The molecule has 2 rings (SSSR count). The zero-order valence-electron chi connectivity index (χ0n) is 15.2. The van der Waals surface area contributed by atoms with Gasteiger partial charge in [0.1, 0.15) is 0 Å². The summed E-state index contributed by atoms with van der Waals surface area (Å²) in [4.78, 5) is 16.5. The van der Waals surface area contributed by atoms with Crippen molar-refractivity contribution in [2.24, 2.45) is 0 Å². The van der Waals surface area contributed by atoms with Crippen LogP contribution in [0.3, 0.4) is 0 Å². The van der Waals surface area contributed by atoms with Gasteiger partial charge < -0.3 is 20.9 Å². The van der Waals surface area contributed by atoms with E-state index >= 15 is 0 Å². The number of unbranched alkanes of at least 4 members (excludes halogenated alkanes) is 2. The average Bonchev–Trinajstić information content (AvgIpc) is 2.58. The molecule has 0 atom stereocenters. The third-order valence-corrected chi connectivity index (χ3v) is 4.68. The first kappa shape index (κ1) is 18.6. The number of aryl methyl sites for hydroxylation is 1. The number of nitrogen functional groups attached to an aromatic ring is 1. The number of rotatable bonds is 8. The summed E-state index contributed by atoms with van der Waals surface area (Å²) in [5.41, 5.74) is 9.33. The van der Waals surface area contributed by atoms with Crippen molar-refractivity contribution in [3.8, 4) is 0 Å². The number of carbonyl (C=O) groups excluding carboxylic acids is 1. The van der Waals surface area contributed by atoms with Crippen LogP contribution in [0.4, 0.5) is 11.4 Å². The SMILES string of the molecule is CCCCCNC(=O)CCc1ccc(N2CCN(C)CC2)c(N)c1. The summed E-state index contributed by atoms with van der Waals surface area (Å²) in [5, 5.41) is 2.99. The predicted octanol–water partition coefficient (Wildman–Crippen LogP) is 2.26. The summed E-state index contributed by atoms with van der Waals surface area (Å²) < 4.78 is 0. The Morgan fingerprint density at radius 2 is 1.96 bits per heavy atom. The molecule has 5 heteroatoms. The normalized spacial score (nSPS) is 15.5. The summed E-state index contributed by atoms with van der Waals surface area (Å²) in [6.45, 7) is 7.12. The van der Waals surface area contributed by atoms with Crippen molar-refractivity contribution in [2.75, 3.05) is 50.4 Å². The molecule has 0 aromatic heterocycles. The Morgan fingerprint density at radius 3 is 2.62 bits per heavy atom. The minimum Gasteiger partial charge on any atom is -0.397 e. The lowest BCUT2D eigenvalue weighted by Gasteiger charge is -2.34. The molecule has 1 aliphatic heterocycles. The molecule has 1 aliphatic rings. The van der Waals surface area contributed by atoms with Gasteiger partial charge in [-0.05, 0) is 37.6 Å². The number of nitrogens with two attached hydrogens (primary N) is 1. The lowest BCUT2D eigenvalue weighted by atomic mass is 10.1. The highest BCUT2D eigenvalue weighted by atomic mass is 16.1. The van der Waals surface area contributed by atoms with E-state index < -0.39 is 0 Å². The fourth-order valence-electron chi connectivity index (χ4n) is 3.04. The number of nitrogens with zero attached hydrogens (tertiary/aromatic N) is 2. The number of anilines is 2. The maximum absolute atomic E-state index is 11.9. The van der Waals surface area contributed by atoms with Crippen LogP contribution in [0.5, 0.6) is 0 Å². The molecule has 0 aliphatic carbocycles. The van der Waals surface area contributed by atoms with Crippen LogP contribution in [0.25, 0.3) is 0 Å². The van der Waals surface area contributed by atoms with Crippen LogP contribution >= 0.6 is 0 Å². The van der Waals surface area contributed by atoms with E-state index in [4.69, 9.17) is 5.73 Å². The van der Waals surface area contributed by atoms with Gasteiger partial charge in [-0.3, -0.25) is 4.79 Å². The van der Waals surface area contributed by atoms with Crippen molar-refractivity contribution in [1.82, 2.24) is 10.2 Å². The highest BCUT2D eigenvalue weighted by molar-refractivity contribution is 5.76. The number of nitrogens with one attached hydrogen (secondary N) is 1. The Labute approximate surface area is 146 Å². The molecular weight excluding hydrogens is 300 g/mol. The minimum atomic E-state index is 0.132. The Hall–Kier alpha value is -1.75. The van der Waals surface area contributed by atoms with Crippen molar-refractivity contribution >= 4 is 17.3 Å². The second kappa shape index (κ2) is 9.52. The standard InChI is InChI=1S/C19H32N4O/c1-3-4-5-10-21-19(24)9-7-16-6-8-18(17(20)15-16)23-13-11-22(2)12-14-23/h6,8,15H,3-5,7,9-14,20H2,1-2H3,(H,21,24). The summed E-state index contributed by atoms with van der Waals surface area (Å²) in [5.74, 6) is 0.132. The van der Waals surface area contributed by atoms with Crippen LogP contribution in [0.2, 0.25) is 0 Å². The van der Waals surface area contributed by atoms with Crippen LogP contribution < -0.4 is 16.0 Å². The number of carbonyl (C=O) groups is 1. The smallest absolute Gasteiger partial charge is 0.220 e. The van der Waals surface area contributed by atoms with Crippen LogP contribution in [0.1, 0.15) is 38.2 Å². The lowest BCUT2D eigenvalue weighted by molar-refractivity contribution is -0.121. The molecule has 0 saturated carbocycles. The summed E-state index contributed by atoms with van der Waals surface area (Å²) >= 11 is 0. The van der Waals surface area contributed by atoms with Crippen molar-refractivity contribution in [3.05, 3.63) is 23.8 Å². The van der Waals surface area contributed by atoms with E-state index in [0.29, 0.717) is 6.42 Å². The third kappa shape index (κ3) is 5.71. The summed E-state index contributed by atoms with van der Waals surface area (Å²) in [7, 11) is 2.15. The maximum Gasteiger partial charge on any atom is 0.220 e. The predicted molar refractivity (Wildman–Crippen MR) is 101 cm³/mol. The molecule has 1 saturated heterocycles. The van der Waals surface area contributed by atoms with Gasteiger partial charge in [0.25, 0.3) is 0 Å². The Kier molecular flexibility index (Phi) is 7.37. The van der Waals surface area contributed by atoms with Gasteiger partial charge in [-0.25, -0.2) is 0 Å². The fourth-order valence-corrected chi connectivity index (χ4v) is 3.04. The maximum atomic E-state index is 11.9. The van der Waals surface area contributed by atoms with Gasteiger partial charge in [0.05, 0.1) is 11.4 Å². The Morgan fingerprint density at radius 1 is 1.21 bits per heavy atom. The van der Waals surface area contributed by atoms with Gasteiger partial charge in [0.15, 0.2) is 0 Å². The van der Waals surface area contributed by atoms with Gasteiger partial charge >= 0.3 is 0 Å². The topological polar surface area (TPSA) is 61.6 Å². The monoisotopic (exact) mass is 332 g/mol. The van der Waals surface area contributed by atoms with Crippen molar-refractivity contribution in [2.45, 2.75) is 39.0 Å². The Balaban J connectivity index is 1.80. The molecule has 0 bridgehead atoms. The molecular formula is C19H32N4O. The van der Waals surface area contributed by atoms with E-state index in [1.165, 1.54) is 12.8 Å². The van der Waals surface area contributed by atoms with E-state index in [1.807, 2.05) is 6.07 Å². The second-order valence-corrected chi connectivity index (χ2v) is 6.74. The van der Waals surface area contributed by atoms with E-state index in [2.05, 4.69) is 41.2 Å². The highest BCUT2D eigenvalue weighted by Gasteiger charge is 2.16. The fraction of sp³-hybridized carbons (Fsp3) is 0.632. The van der Waals surface area contributed by atoms with Crippen LogP contribution in [-0.4, -0.2) is 50.6 Å². The number of likely N-dealkylation sites (N-methyl/N-ethyl adjacent to an activating group) is 1. The van der Waals surface area contributed by atoms with Gasteiger partial charge in [-0.15, -0.1) is 0 Å². The number of hydrogen-bond donors (Lipinski definition) is 2. The molecule has 0 spiro atoms.